The fourth-order valence-corrected chi connectivity index (χ4v) is 2.32. The summed E-state index contributed by atoms with van der Waals surface area (Å²) in [5, 5.41) is 8.32. The molecule has 1 heteroatoms. The third-order valence-electron chi connectivity index (χ3n) is 2.99. The summed E-state index contributed by atoms with van der Waals surface area (Å²) >= 11 is 0. The zero-order valence-corrected chi connectivity index (χ0v) is 10.5. The van der Waals surface area contributed by atoms with Gasteiger partial charge in [-0.3, -0.25) is 5.41 Å². The number of benzene rings is 2. The van der Waals surface area contributed by atoms with Gasteiger partial charge in [-0.05, 0) is 31.9 Å². The molecule has 0 amide bonds. The molecule has 0 aromatic heterocycles. The van der Waals surface area contributed by atoms with Gasteiger partial charge in [-0.25, -0.2) is 0 Å². The number of aryl methyl sites for hydroxylation is 3. The molecule has 0 bridgehead atoms. The Hall–Kier alpha value is -1.89. The Morgan fingerprint density at radius 3 is 1.94 bits per heavy atom. The van der Waals surface area contributed by atoms with Crippen molar-refractivity contribution < 1.29 is 0 Å². The molecule has 0 unspecified atom stereocenters. The van der Waals surface area contributed by atoms with E-state index in [-0.39, 0.29) is 0 Å². The van der Waals surface area contributed by atoms with E-state index < -0.39 is 0 Å². The Morgan fingerprint density at radius 1 is 0.882 bits per heavy atom. The van der Waals surface area contributed by atoms with E-state index in [1.807, 2.05) is 30.3 Å². The SMILES string of the molecule is Cc1cc(C)c(C(=N)c2ccccc2)c(C)c1. The predicted molar refractivity (Wildman–Crippen MR) is 73.0 cm³/mol. The van der Waals surface area contributed by atoms with Crippen LogP contribution in [0, 0.1) is 26.2 Å². The zero-order chi connectivity index (χ0) is 12.4. The van der Waals surface area contributed by atoms with Gasteiger partial charge in [0.1, 0.15) is 0 Å². The first-order valence-corrected chi connectivity index (χ1v) is 5.82. The number of nitrogens with one attached hydrogen (secondary N) is 1. The van der Waals surface area contributed by atoms with E-state index in [0.717, 1.165) is 11.1 Å². The minimum atomic E-state index is 0.612. The summed E-state index contributed by atoms with van der Waals surface area (Å²) in [5.41, 5.74) is 6.25. The Morgan fingerprint density at radius 2 is 1.41 bits per heavy atom. The summed E-state index contributed by atoms with van der Waals surface area (Å²) in [6.45, 7) is 6.25. The molecule has 0 saturated carbocycles. The van der Waals surface area contributed by atoms with Gasteiger partial charge in [-0.2, -0.15) is 0 Å². The van der Waals surface area contributed by atoms with Crippen LogP contribution in [0.5, 0.6) is 0 Å². The van der Waals surface area contributed by atoms with Gasteiger partial charge in [0, 0.05) is 11.1 Å². The minimum Gasteiger partial charge on any atom is -0.300 e. The van der Waals surface area contributed by atoms with E-state index in [2.05, 4.69) is 32.9 Å². The largest absolute Gasteiger partial charge is 0.300 e. The second kappa shape index (κ2) is 4.54. The summed E-state index contributed by atoms with van der Waals surface area (Å²) in [4.78, 5) is 0. The van der Waals surface area contributed by atoms with Crippen molar-refractivity contribution in [3.05, 3.63) is 70.3 Å². The summed E-state index contributed by atoms with van der Waals surface area (Å²) in [6, 6.07) is 14.2. The Kier molecular flexibility index (Phi) is 3.10. The van der Waals surface area contributed by atoms with Crippen LogP contribution in [0.4, 0.5) is 0 Å². The topological polar surface area (TPSA) is 23.9 Å². The second-order valence-corrected chi connectivity index (χ2v) is 4.51. The zero-order valence-electron chi connectivity index (χ0n) is 10.5. The van der Waals surface area contributed by atoms with E-state index in [9.17, 15) is 0 Å². The van der Waals surface area contributed by atoms with Crippen LogP contribution in [-0.4, -0.2) is 5.71 Å². The fourth-order valence-electron chi connectivity index (χ4n) is 2.32. The molecule has 2 aromatic carbocycles. The first-order chi connectivity index (χ1) is 8.09. The molecule has 0 atom stereocenters. The second-order valence-electron chi connectivity index (χ2n) is 4.51. The van der Waals surface area contributed by atoms with E-state index >= 15 is 0 Å². The predicted octanol–water partition coefficient (Wildman–Crippen LogP) is 4.03. The van der Waals surface area contributed by atoms with E-state index in [4.69, 9.17) is 5.41 Å². The quantitative estimate of drug-likeness (QED) is 0.743. The van der Waals surface area contributed by atoms with Crippen LogP contribution in [0.15, 0.2) is 42.5 Å². The van der Waals surface area contributed by atoms with Crippen molar-refractivity contribution in [2.45, 2.75) is 20.8 Å². The normalized spacial score (nSPS) is 10.3. The van der Waals surface area contributed by atoms with Crippen molar-refractivity contribution in [3.8, 4) is 0 Å². The lowest BCUT2D eigenvalue weighted by Gasteiger charge is -2.12. The molecule has 0 saturated heterocycles. The van der Waals surface area contributed by atoms with Crippen molar-refractivity contribution in [2.24, 2.45) is 0 Å². The molecule has 2 rings (SSSR count). The van der Waals surface area contributed by atoms with E-state index in [0.29, 0.717) is 5.71 Å². The van der Waals surface area contributed by atoms with Gasteiger partial charge in [-0.15, -0.1) is 0 Å². The maximum atomic E-state index is 8.32. The number of hydrogen-bond donors (Lipinski definition) is 1. The summed E-state index contributed by atoms with van der Waals surface area (Å²) in [5.74, 6) is 0. The molecule has 17 heavy (non-hydrogen) atoms. The van der Waals surface area contributed by atoms with E-state index in [1.54, 1.807) is 0 Å². The molecule has 0 aliphatic heterocycles. The van der Waals surface area contributed by atoms with Gasteiger partial charge in [0.05, 0.1) is 5.71 Å². The lowest BCUT2D eigenvalue weighted by molar-refractivity contribution is 1.28. The summed E-state index contributed by atoms with van der Waals surface area (Å²) in [7, 11) is 0. The molecular weight excluding hydrogens is 206 g/mol. The van der Waals surface area contributed by atoms with Crippen LogP contribution >= 0.6 is 0 Å². The lowest BCUT2D eigenvalue weighted by atomic mass is 9.93. The minimum absolute atomic E-state index is 0.612. The Balaban J connectivity index is 2.52. The smallest absolute Gasteiger partial charge is 0.0689 e. The van der Waals surface area contributed by atoms with Gasteiger partial charge in [-0.1, -0.05) is 48.0 Å². The van der Waals surface area contributed by atoms with Crippen molar-refractivity contribution >= 4 is 5.71 Å². The van der Waals surface area contributed by atoms with Crippen molar-refractivity contribution in [1.82, 2.24) is 0 Å². The van der Waals surface area contributed by atoms with Crippen LogP contribution < -0.4 is 0 Å². The van der Waals surface area contributed by atoms with Crippen LogP contribution in [-0.2, 0) is 0 Å². The maximum absolute atomic E-state index is 8.32. The van der Waals surface area contributed by atoms with Gasteiger partial charge >= 0.3 is 0 Å². The average molecular weight is 223 g/mol. The first kappa shape index (κ1) is 11.6. The maximum Gasteiger partial charge on any atom is 0.0689 e. The molecule has 86 valence electrons. The number of rotatable bonds is 2. The molecule has 2 aromatic rings. The Labute approximate surface area is 103 Å². The standard InChI is InChI=1S/C16H17N/c1-11-9-12(2)15(13(3)10-11)16(17)14-7-5-4-6-8-14/h4-10,17H,1-3H3. The molecule has 0 heterocycles. The van der Waals surface area contributed by atoms with Gasteiger partial charge in [0.25, 0.3) is 0 Å². The van der Waals surface area contributed by atoms with Crippen LogP contribution in [0.25, 0.3) is 0 Å². The third kappa shape index (κ3) is 2.28. The van der Waals surface area contributed by atoms with Gasteiger partial charge in [0.15, 0.2) is 0 Å². The molecule has 0 aliphatic carbocycles. The van der Waals surface area contributed by atoms with Gasteiger partial charge < -0.3 is 0 Å². The molecule has 0 aliphatic rings. The fraction of sp³-hybridized carbons (Fsp3) is 0.188. The molecule has 0 radical (unpaired) electrons. The lowest BCUT2D eigenvalue weighted by Crippen LogP contribution is -2.06. The summed E-state index contributed by atoms with van der Waals surface area (Å²) < 4.78 is 0. The van der Waals surface area contributed by atoms with Crippen LogP contribution in [0.3, 0.4) is 0 Å². The molecule has 0 fully saturated rings. The van der Waals surface area contributed by atoms with Crippen molar-refractivity contribution in [2.75, 3.05) is 0 Å². The third-order valence-corrected chi connectivity index (χ3v) is 2.99. The van der Waals surface area contributed by atoms with Crippen LogP contribution in [0.2, 0.25) is 0 Å². The number of hydrogen-bond acceptors (Lipinski definition) is 1. The Bertz CT molecular complexity index is 530. The van der Waals surface area contributed by atoms with Crippen molar-refractivity contribution in [1.29, 1.82) is 5.41 Å². The highest BCUT2D eigenvalue weighted by Gasteiger charge is 2.10. The van der Waals surface area contributed by atoms with Crippen LogP contribution in [0.1, 0.15) is 27.8 Å². The van der Waals surface area contributed by atoms with E-state index in [1.165, 1.54) is 16.7 Å². The van der Waals surface area contributed by atoms with Gasteiger partial charge in [0.2, 0.25) is 0 Å². The highest BCUT2D eigenvalue weighted by molar-refractivity contribution is 6.12. The first-order valence-electron chi connectivity index (χ1n) is 5.82. The molecule has 1 nitrogen and oxygen atoms in total. The molecule has 1 N–H and O–H groups in total. The van der Waals surface area contributed by atoms with Crippen molar-refractivity contribution in [3.63, 3.8) is 0 Å². The highest BCUT2D eigenvalue weighted by atomic mass is 14.4. The highest BCUT2D eigenvalue weighted by Crippen LogP contribution is 2.19. The average Bonchev–Trinajstić information content (AvgIpc) is 2.28. The molecular formula is C16H17N. The monoisotopic (exact) mass is 223 g/mol. The molecule has 0 spiro atoms. The summed E-state index contributed by atoms with van der Waals surface area (Å²) in [6.07, 6.45) is 0.